The molecule has 22 heteroatoms. The Balaban J connectivity index is 3.81. The molecule has 57 heavy (non-hydrogen) atoms. The predicted octanol–water partition coefficient (Wildman–Crippen LogP) is -3.64. The first-order chi connectivity index (χ1) is 26.8. The minimum atomic E-state index is -1.55. The van der Waals surface area contributed by atoms with E-state index in [1.165, 1.54) is 18.7 Å². The number of carbonyl (C=O) groups is 7. The Labute approximate surface area is 338 Å². The Hall–Kier alpha value is -4.86. The first kappa shape index (κ1) is 50.2. The molecule has 16 N–H and O–H groups in total. The van der Waals surface area contributed by atoms with E-state index in [0.717, 1.165) is 0 Å². The zero-order valence-electron chi connectivity index (χ0n) is 33.9. The van der Waals surface area contributed by atoms with E-state index in [4.69, 9.17) is 22.9 Å². The molecule has 0 aromatic carbocycles. The second-order valence-electron chi connectivity index (χ2n) is 14.4. The number of nitrogens with one attached hydrogen (secondary N) is 7. The summed E-state index contributed by atoms with van der Waals surface area (Å²) in [6.45, 7) is 7.96. The van der Waals surface area contributed by atoms with Crippen molar-refractivity contribution < 1.29 is 38.7 Å². The summed E-state index contributed by atoms with van der Waals surface area (Å²) in [6, 6.07) is -8.77. The van der Waals surface area contributed by atoms with Gasteiger partial charge in [0.25, 0.3) is 0 Å². The Morgan fingerprint density at radius 2 is 1.05 bits per heavy atom. The largest absolute Gasteiger partial charge is 0.394 e. The van der Waals surface area contributed by atoms with Gasteiger partial charge in [-0.05, 0) is 69.3 Å². The van der Waals surface area contributed by atoms with Crippen molar-refractivity contribution >= 4 is 65.0 Å². The van der Waals surface area contributed by atoms with Crippen LogP contribution >= 0.6 is 11.8 Å². The average Bonchev–Trinajstić information content (AvgIpc) is 3.14. The summed E-state index contributed by atoms with van der Waals surface area (Å²) in [5.41, 5.74) is 21.8. The molecule has 1 heterocycles. The number of amides is 7. The first-order valence-corrected chi connectivity index (χ1v) is 20.6. The summed E-state index contributed by atoms with van der Waals surface area (Å²) in [7, 11) is 0. The van der Waals surface area contributed by atoms with Gasteiger partial charge in [-0.25, -0.2) is 0 Å². The Bertz CT molecular complexity index is 1420. The summed E-state index contributed by atoms with van der Waals surface area (Å²) >= 11 is 1.40. The van der Waals surface area contributed by atoms with Crippen LogP contribution in [0.25, 0.3) is 0 Å². The van der Waals surface area contributed by atoms with Crippen LogP contribution in [0.15, 0.2) is 9.98 Å². The summed E-state index contributed by atoms with van der Waals surface area (Å²) in [5.74, 6) is -5.79. The van der Waals surface area contributed by atoms with Crippen LogP contribution in [-0.2, 0) is 33.6 Å². The molecule has 0 radical (unpaired) electrons. The zero-order valence-corrected chi connectivity index (χ0v) is 34.7. The fourth-order valence-electron chi connectivity index (χ4n) is 5.66. The molecule has 1 fully saturated rings. The van der Waals surface area contributed by atoms with Gasteiger partial charge < -0.3 is 65.3 Å². The second-order valence-corrected chi connectivity index (χ2v) is 15.4. The highest BCUT2D eigenvalue weighted by atomic mass is 32.2. The average molecular weight is 828 g/mol. The van der Waals surface area contributed by atoms with Crippen molar-refractivity contribution in [3.8, 4) is 0 Å². The molecule has 0 unspecified atom stereocenters. The molecule has 21 nitrogen and oxygen atoms in total. The van der Waals surface area contributed by atoms with Crippen LogP contribution in [0, 0.1) is 11.8 Å². The van der Waals surface area contributed by atoms with Crippen LogP contribution in [0.2, 0.25) is 0 Å². The van der Waals surface area contributed by atoms with E-state index in [-0.39, 0.29) is 69.5 Å². The third kappa shape index (κ3) is 18.8. The maximum Gasteiger partial charge on any atom is 0.245 e. The fraction of sp³-hybridized carbons (Fsp3) is 0.743. The number of hydrogen-bond acceptors (Lipinski definition) is 11. The molecule has 0 bridgehead atoms. The van der Waals surface area contributed by atoms with Gasteiger partial charge in [-0.3, -0.25) is 43.5 Å². The maximum absolute atomic E-state index is 14.0. The number of carbonyl (C=O) groups excluding carboxylic acids is 7. The summed E-state index contributed by atoms with van der Waals surface area (Å²) < 4.78 is 0. The zero-order chi connectivity index (χ0) is 43.2. The van der Waals surface area contributed by atoms with E-state index in [1.807, 2.05) is 20.8 Å². The summed E-state index contributed by atoms with van der Waals surface area (Å²) in [6.07, 6.45) is 3.02. The molecule has 7 amide bonds. The van der Waals surface area contributed by atoms with Crippen LogP contribution in [0.1, 0.15) is 79.6 Å². The van der Waals surface area contributed by atoms with Crippen LogP contribution in [0.4, 0.5) is 0 Å². The predicted molar refractivity (Wildman–Crippen MR) is 218 cm³/mol. The molecule has 1 aliphatic heterocycles. The monoisotopic (exact) mass is 827 g/mol. The lowest BCUT2D eigenvalue weighted by molar-refractivity contribution is -0.136. The lowest BCUT2D eigenvalue weighted by Crippen LogP contribution is -2.60. The van der Waals surface area contributed by atoms with Crippen molar-refractivity contribution in [2.45, 2.75) is 122 Å². The number of rotatable bonds is 16. The van der Waals surface area contributed by atoms with Crippen molar-refractivity contribution in [1.82, 2.24) is 37.2 Å². The number of hydrogen-bond donors (Lipinski definition) is 12. The fourth-order valence-corrected chi connectivity index (χ4v) is 6.13. The third-order valence-corrected chi connectivity index (χ3v) is 9.75. The SMILES string of the molecule is CC[C@H](C)[C@@H]1NC(=O)[C@H](CC(C)C)NC(=O)[C@H](C)NC(=O)[C@H](CO)NC(=O)[C@H](CCCN=C(N)N)NC(=O)[C@H](CCSC)NC(=O)[C@H](CCCN=C(N)N)NC1=O. The van der Waals surface area contributed by atoms with Gasteiger partial charge in [0.1, 0.15) is 42.3 Å². The molecule has 0 aromatic rings. The molecule has 0 spiro atoms. The molecule has 1 aliphatic rings. The van der Waals surface area contributed by atoms with Crippen molar-refractivity contribution in [2.75, 3.05) is 31.7 Å². The highest BCUT2D eigenvalue weighted by molar-refractivity contribution is 7.98. The lowest BCUT2D eigenvalue weighted by Gasteiger charge is -2.29. The van der Waals surface area contributed by atoms with Crippen LogP contribution in [-0.4, -0.2) is 132 Å². The molecule has 1 rings (SSSR count). The number of guanidine groups is 2. The van der Waals surface area contributed by atoms with Crippen LogP contribution in [0.3, 0.4) is 0 Å². The van der Waals surface area contributed by atoms with Crippen molar-refractivity contribution in [3.05, 3.63) is 0 Å². The number of thioether (sulfide) groups is 1. The van der Waals surface area contributed by atoms with Gasteiger partial charge in [0.2, 0.25) is 41.4 Å². The first-order valence-electron chi connectivity index (χ1n) is 19.2. The van der Waals surface area contributed by atoms with Gasteiger partial charge in [0.15, 0.2) is 11.9 Å². The second kappa shape index (κ2) is 26.1. The highest BCUT2D eigenvalue weighted by Gasteiger charge is 2.36. The van der Waals surface area contributed by atoms with Crippen LogP contribution in [0.5, 0.6) is 0 Å². The van der Waals surface area contributed by atoms with Gasteiger partial charge in [-0.2, -0.15) is 11.8 Å². The van der Waals surface area contributed by atoms with E-state index in [2.05, 4.69) is 47.2 Å². The van der Waals surface area contributed by atoms with Crippen molar-refractivity contribution in [2.24, 2.45) is 44.8 Å². The Kier molecular flexibility index (Phi) is 23.0. The van der Waals surface area contributed by atoms with E-state index in [9.17, 15) is 38.7 Å². The van der Waals surface area contributed by atoms with Gasteiger partial charge in [0, 0.05) is 13.1 Å². The van der Waals surface area contributed by atoms with Gasteiger partial charge in [0.05, 0.1) is 6.61 Å². The highest BCUT2D eigenvalue weighted by Crippen LogP contribution is 2.13. The number of nitrogens with two attached hydrogens (primary N) is 4. The molecule has 0 aromatic heterocycles. The molecule has 0 saturated carbocycles. The van der Waals surface area contributed by atoms with Gasteiger partial charge >= 0.3 is 0 Å². The van der Waals surface area contributed by atoms with Crippen LogP contribution < -0.4 is 60.2 Å². The maximum atomic E-state index is 14.0. The van der Waals surface area contributed by atoms with Gasteiger partial charge in [-0.1, -0.05) is 34.1 Å². The molecule has 8 atom stereocenters. The number of aliphatic hydroxyl groups is 1. The number of nitrogens with zero attached hydrogens (tertiary/aromatic N) is 2. The molecular formula is C35H65N13O8S. The van der Waals surface area contributed by atoms with E-state index in [1.54, 1.807) is 13.2 Å². The topological polar surface area (TPSA) is 353 Å². The molecule has 1 saturated heterocycles. The minimum absolute atomic E-state index is 0.0190. The quantitative estimate of drug-likeness (QED) is 0.0406. The Morgan fingerprint density at radius 1 is 0.632 bits per heavy atom. The van der Waals surface area contributed by atoms with E-state index < -0.39 is 96.2 Å². The summed E-state index contributed by atoms with van der Waals surface area (Å²) in [4.78, 5) is 104. The van der Waals surface area contributed by atoms with Gasteiger partial charge in [-0.15, -0.1) is 0 Å². The number of aliphatic imine (C=N–C) groups is 2. The third-order valence-electron chi connectivity index (χ3n) is 9.10. The standard InChI is InChI=1S/C35H65N13O8S/c1-7-19(4)26-33(56)45-22(11-9-14-41-35(38)39)28(51)44-23(12-15-57-6)30(53)43-21(10-8-13-40-34(36)37)29(52)47-25(17-49)32(55)42-20(5)27(50)46-24(16-18(2)3)31(54)48-26/h18-26,49H,7-17H2,1-6H3,(H,42,55)(H,43,53)(H,44,51)(H,45,56)(H,46,50)(H,47,52)(H,48,54)(H4,36,37,40)(H4,38,39,41)/t19-,20-,21-,22-,23-,24-,25-,26-/m0/s1. The van der Waals surface area contributed by atoms with Crippen molar-refractivity contribution in [1.29, 1.82) is 0 Å². The normalized spacial score (nSPS) is 25.3. The smallest absolute Gasteiger partial charge is 0.245 e. The van der Waals surface area contributed by atoms with Crippen molar-refractivity contribution in [3.63, 3.8) is 0 Å². The minimum Gasteiger partial charge on any atom is -0.394 e. The van der Waals surface area contributed by atoms with E-state index in [0.29, 0.717) is 12.2 Å². The molecule has 324 valence electrons. The molecular weight excluding hydrogens is 763 g/mol. The number of aliphatic hydroxyl groups excluding tert-OH is 1. The lowest BCUT2D eigenvalue weighted by atomic mass is 9.96. The Morgan fingerprint density at radius 3 is 1.49 bits per heavy atom. The molecule has 0 aliphatic carbocycles. The summed E-state index contributed by atoms with van der Waals surface area (Å²) in [5, 5.41) is 28.5. The van der Waals surface area contributed by atoms with E-state index >= 15 is 0 Å².